The van der Waals surface area contributed by atoms with Gasteiger partial charge in [-0.15, -0.1) is 0 Å². The van der Waals surface area contributed by atoms with Crippen molar-refractivity contribution in [3.8, 4) is 0 Å². The minimum Gasteiger partial charge on any atom is -0.338 e. The number of carbonyl (C=O) groups excluding carboxylic acids is 1. The summed E-state index contributed by atoms with van der Waals surface area (Å²) in [6.07, 6.45) is 0.266. The molecule has 19 heavy (non-hydrogen) atoms. The molecule has 0 aromatic heterocycles. The fourth-order valence-corrected chi connectivity index (χ4v) is 3.24. The summed E-state index contributed by atoms with van der Waals surface area (Å²) in [4.78, 5) is 13.5. The van der Waals surface area contributed by atoms with Gasteiger partial charge >= 0.3 is 0 Å². The second-order valence-electron chi connectivity index (χ2n) is 5.16. The Balaban J connectivity index is 1.98. The van der Waals surface area contributed by atoms with Crippen LogP contribution >= 0.6 is 0 Å². The molecule has 0 radical (unpaired) electrons. The first-order chi connectivity index (χ1) is 8.83. The zero-order chi connectivity index (χ0) is 14.0. The minimum absolute atomic E-state index is 0.00535. The number of carbonyl (C=O) groups is 1. The number of benzene rings is 1. The van der Waals surface area contributed by atoms with E-state index in [2.05, 4.69) is 0 Å². The van der Waals surface area contributed by atoms with Crippen LogP contribution in [0.2, 0.25) is 0 Å². The largest absolute Gasteiger partial charge is 0.338 e. The van der Waals surface area contributed by atoms with Crippen LogP contribution in [-0.4, -0.2) is 31.5 Å². The van der Waals surface area contributed by atoms with Crippen LogP contribution in [0.5, 0.6) is 0 Å². The van der Waals surface area contributed by atoms with Crippen LogP contribution in [0.4, 0.5) is 0 Å². The van der Waals surface area contributed by atoms with Crippen LogP contribution in [0.25, 0.3) is 0 Å². The van der Waals surface area contributed by atoms with Gasteiger partial charge in [0.15, 0.2) is 0 Å². The average Bonchev–Trinajstić information content (AvgIpc) is 2.60. The van der Waals surface area contributed by atoms with Crippen LogP contribution in [0.15, 0.2) is 24.3 Å². The van der Waals surface area contributed by atoms with E-state index in [1.165, 1.54) is 5.56 Å². The van der Waals surface area contributed by atoms with E-state index in [0.717, 1.165) is 5.56 Å². The van der Waals surface area contributed by atoms with E-state index in [-0.39, 0.29) is 24.0 Å². The van der Waals surface area contributed by atoms with Gasteiger partial charge in [0.2, 0.25) is 15.9 Å². The van der Waals surface area contributed by atoms with Gasteiger partial charge in [-0.05, 0) is 12.5 Å². The molecule has 0 aliphatic carbocycles. The molecule has 1 aromatic carbocycles. The SMILES string of the molecule is Cc1ccc(CN2CC(CS(N)(=O)=O)CC2=O)cc1. The molecule has 2 rings (SSSR count). The van der Waals surface area contributed by atoms with Crippen molar-refractivity contribution in [1.29, 1.82) is 0 Å². The van der Waals surface area contributed by atoms with Crippen LogP contribution < -0.4 is 5.14 Å². The monoisotopic (exact) mass is 282 g/mol. The molecular formula is C13H18N2O3S. The first-order valence-corrected chi connectivity index (χ1v) is 7.89. The molecule has 1 fully saturated rings. The molecule has 1 aromatic rings. The standard InChI is InChI=1S/C13H18N2O3S/c1-10-2-4-11(5-3-10)7-15-8-12(6-13(15)16)9-19(14,17)18/h2-5,12H,6-9H2,1H3,(H2,14,17,18). The number of nitrogens with two attached hydrogens (primary N) is 1. The maximum atomic E-state index is 11.8. The van der Waals surface area contributed by atoms with Crippen molar-refractivity contribution in [2.75, 3.05) is 12.3 Å². The van der Waals surface area contributed by atoms with Crippen molar-refractivity contribution in [2.24, 2.45) is 11.1 Å². The molecule has 0 bridgehead atoms. The van der Waals surface area contributed by atoms with E-state index >= 15 is 0 Å². The van der Waals surface area contributed by atoms with Gasteiger partial charge in [-0.2, -0.15) is 0 Å². The van der Waals surface area contributed by atoms with Crippen LogP contribution in [0.1, 0.15) is 17.5 Å². The molecule has 0 spiro atoms. The van der Waals surface area contributed by atoms with Crippen LogP contribution in [0.3, 0.4) is 0 Å². The third-order valence-electron chi connectivity index (χ3n) is 3.26. The number of aryl methyl sites for hydroxylation is 1. The smallest absolute Gasteiger partial charge is 0.223 e. The summed E-state index contributed by atoms with van der Waals surface area (Å²) in [6, 6.07) is 7.96. The lowest BCUT2D eigenvalue weighted by Gasteiger charge is -2.16. The Morgan fingerprint density at radius 1 is 1.32 bits per heavy atom. The highest BCUT2D eigenvalue weighted by Crippen LogP contribution is 2.21. The van der Waals surface area contributed by atoms with Crippen molar-refractivity contribution in [3.63, 3.8) is 0 Å². The Bertz CT molecular complexity index is 566. The lowest BCUT2D eigenvalue weighted by molar-refractivity contribution is -0.128. The van der Waals surface area contributed by atoms with E-state index < -0.39 is 10.0 Å². The molecule has 1 atom stereocenters. The normalized spacial score (nSPS) is 20.0. The molecule has 1 saturated heterocycles. The molecule has 1 aliphatic rings. The van der Waals surface area contributed by atoms with Crippen LogP contribution in [-0.2, 0) is 21.4 Å². The van der Waals surface area contributed by atoms with E-state index in [0.29, 0.717) is 13.1 Å². The highest BCUT2D eigenvalue weighted by molar-refractivity contribution is 7.89. The number of hydrogen-bond donors (Lipinski definition) is 1. The number of amides is 1. The fourth-order valence-electron chi connectivity index (χ4n) is 2.36. The Morgan fingerprint density at radius 2 is 1.95 bits per heavy atom. The molecule has 6 heteroatoms. The number of hydrogen-bond acceptors (Lipinski definition) is 3. The van der Waals surface area contributed by atoms with Crippen molar-refractivity contribution in [1.82, 2.24) is 4.90 Å². The lowest BCUT2D eigenvalue weighted by atomic mass is 10.1. The molecule has 0 saturated carbocycles. The van der Waals surface area contributed by atoms with Gasteiger partial charge in [0.05, 0.1) is 5.75 Å². The number of rotatable bonds is 4. The average molecular weight is 282 g/mol. The Hall–Kier alpha value is -1.40. The summed E-state index contributed by atoms with van der Waals surface area (Å²) in [5.41, 5.74) is 2.22. The van der Waals surface area contributed by atoms with Crippen molar-refractivity contribution in [3.05, 3.63) is 35.4 Å². The number of likely N-dealkylation sites (tertiary alicyclic amines) is 1. The van der Waals surface area contributed by atoms with Gasteiger partial charge in [0.1, 0.15) is 0 Å². The molecule has 1 aliphatic heterocycles. The summed E-state index contributed by atoms with van der Waals surface area (Å²) >= 11 is 0. The second-order valence-corrected chi connectivity index (χ2v) is 6.82. The van der Waals surface area contributed by atoms with E-state index in [4.69, 9.17) is 5.14 Å². The minimum atomic E-state index is -3.51. The number of sulfonamides is 1. The predicted octanol–water partition coefficient (Wildman–Crippen LogP) is 0.632. The van der Waals surface area contributed by atoms with Gasteiger partial charge in [0, 0.05) is 25.4 Å². The van der Waals surface area contributed by atoms with Gasteiger partial charge < -0.3 is 4.90 Å². The van der Waals surface area contributed by atoms with E-state index in [9.17, 15) is 13.2 Å². The zero-order valence-corrected chi connectivity index (χ0v) is 11.7. The van der Waals surface area contributed by atoms with Gasteiger partial charge in [-0.3, -0.25) is 4.79 Å². The summed E-state index contributed by atoms with van der Waals surface area (Å²) in [5.74, 6) is -0.314. The van der Waals surface area contributed by atoms with Gasteiger partial charge in [-0.1, -0.05) is 29.8 Å². The predicted molar refractivity (Wildman–Crippen MR) is 72.7 cm³/mol. The first-order valence-electron chi connectivity index (χ1n) is 6.17. The summed E-state index contributed by atoms with van der Waals surface area (Å²) < 4.78 is 22.1. The van der Waals surface area contributed by atoms with Crippen molar-refractivity contribution < 1.29 is 13.2 Å². The zero-order valence-electron chi connectivity index (χ0n) is 10.9. The third kappa shape index (κ3) is 4.04. The maximum absolute atomic E-state index is 11.8. The van der Waals surface area contributed by atoms with E-state index in [1.807, 2.05) is 31.2 Å². The Labute approximate surface area is 113 Å². The van der Waals surface area contributed by atoms with E-state index in [1.54, 1.807) is 4.90 Å². The van der Waals surface area contributed by atoms with Crippen LogP contribution in [0, 0.1) is 12.8 Å². The highest BCUT2D eigenvalue weighted by atomic mass is 32.2. The van der Waals surface area contributed by atoms with Gasteiger partial charge in [0.25, 0.3) is 0 Å². The molecular weight excluding hydrogens is 264 g/mol. The first kappa shape index (κ1) is 14.0. The topological polar surface area (TPSA) is 80.5 Å². The van der Waals surface area contributed by atoms with Crippen molar-refractivity contribution in [2.45, 2.75) is 19.9 Å². The summed E-state index contributed by atoms with van der Waals surface area (Å²) in [7, 11) is -3.51. The molecule has 5 nitrogen and oxygen atoms in total. The number of primary sulfonamides is 1. The van der Waals surface area contributed by atoms with Crippen molar-refractivity contribution >= 4 is 15.9 Å². The summed E-state index contributed by atoms with van der Waals surface area (Å²) in [5, 5.41) is 5.02. The molecule has 1 amide bonds. The Morgan fingerprint density at radius 3 is 2.53 bits per heavy atom. The molecule has 1 heterocycles. The molecule has 104 valence electrons. The molecule has 1 unspecified atom stereocenters. The highest BCUT2D eigenvalue weighted by Gasteiger charge is 2.31. The Kier molecular flexibility index (Phi) is 3.91. The quantitative estimate of drug-likeness (QED) is 0.879. The number of nitrogens with zero attached hydrogens (tertiary/aromatic N) is 1. The lowest BCUT2D eigenvalue weighted by Crippen LogP contribution is -2.27. The van der Waals surface area contributed by atoms with Gasteiger partial charge in [-0.25, -0.2) is 13.6 Å². The summed E-state index contributed by atoms with van der Waals surface area (Å²) in [6.45, 7) is 3.00. The second kappa shape index (κ2) is 5.30. The third-order valence-corrected chi connectivity index (χ3v) is 4.19. The maximum Gasteiger partial charge on any atom is 0.223 e. The fraction of sp³-hybridized carbons (Fsp3) is 0.462. The molecule has 2 N–H and O–H groups in total.